The molecular formula is C21H25BrN2O2S. The van der Waals surface area contributed by atoms with Crippen LogP contribution in [0.2, 0.25) is 0 Å². The van der Waals surface area contributed by atoms with E-state index in [1.807, 2.05) is 31.2 Å². The Morgan fingerprint density at radius 3 is 2.52 bits per heavy atom. The highest BCUT2D eigenvalue weighted by Crippen LogP contribution is 2.26. The van der Waals surface area contributed by atoms with E-state index in [-0.39, 0.29) is 11.0 Å². The van der Waals surface area contributed by atoms with Crippen LogP contribution in [0, 0.1) is 6.92 Å². The molecular weight excluding hydrogens is 424 g/mol. The van der Waals surface area contributed by atoms with Crippen molar-refractivity contribution in [1.29, 1.82) is 0 Å². The maximum absolute atomic E-state index is 12.4. The highest BCUT2D eigenvalue weighted by molar-refractivity contribution is 9.10. The van der Waals surface area contributed by atoms with Gasteiger partial charge in [-0.1, -0.05) is 43.9 Å². The zero-order valence-corrected chi connectivity index (χ0v) is 18.1. The molecule has 0 fully saturated rings. The van der Waals surface area contributed by atoms with E-state index in [1.54, 1.807) is 18.2 Å². The number of hydrogen-bond donors (Lipinski definition) is 2. The molecule has 6 heteroatoms. The molecule has 0 saturated heterocycles. The second-order valence-corrected chi connectivity index (χ2v) is 7.59. The average molecular weight is 449 g/mol. The third-order valence-electron chi connectivity index (χ3n) is 3.99. The number of anilines is 1. The Morgan fingerprint density at radius 2 is 1.85 bits per heavy atom. The molecule has 144 valence electrons. The fourth-order valence-electron chi connectivity index (χ4n) is 2.44. The number of thiocarbonyl (C=S) groups is 1. The van der Waals surface area contributed by atoms with E-state index >= 15 is 0 Å². The van der Waals surface area contributed by atoms with Gasteiger partial charge in [0.05, 0.1) is 11.1 Å². The number of amides is 1. The maximum Gasteiger partial charge on any atom is 0.257 e. The van der Waals surface area contributed by atoms with E-state index in [0.29, 0.717) is 12.2 Å². The number of carbonyl (C=O) groups is 1. The van der Waals surface area contributed by atoms with Crippen LogP contribution < -0.4 is 15.4 Å². The van der Waals surface area contributed by atoms with Gasteiger partial charge in [-0.2, -0.15) is 0 Å². The van der Waals surface area contributed by atoms with Crippen molar-refractivity contribution >= 4 is 44.9 Å². The van der Waals surface area contributed by atoms with E-state index in [0.717, 1.165) is 27.9 Å². The summed E-state index contributed by atoms with van der Waals surface area (Å²) in [6.45, 7) is 4.87. The van der Waals surface area contributed by atoms with E-state index in [4.69, 9.17) is 17.0 Å². The Balaban J connectivity index is 1.87. The van der Waals surface area contributed by atoms with Crippen LogP contribution in [-0.4, -0.2) is 17.6 Å². The van der Waals surface area contributed by atoms with Gasteiger partial charge in [-0.25, -0.2) is 0 Å². The molecule has 0 saturated carbocycles. The number of rotatable bonds is 8. The molecule has 2 rings (SSSR count). The summed E-state index contributed by atoms with van der Waals surface area (Å²) in [6, 6.07) is 13.1. The van der Waals surface area contributed by atoms with Gasteiger partial charge in [-0.05, 0) is 71.8 Å². The normalized spacial score (nSPS) is 10.3. The van der Waals surface area contributed by atoms with E-state index in [1.165, 1.54) is 19.3 Å². The van der Waals surface area contributed by atoms with Crippen LogP contribution in [0.3, 0.4) is 0 Å². The van der Waals surface area contributed by atoms with Crippen molar-refractivity contribution in [2.45, 2.75) is 39.5 Å². The number of hydrogen-bond acceptors (Lipinski definition) is 3. The summed E-state index contributed by atoms with van der Waals surface area (Å²) in [4.78, 5) is 12.4. The van der Waals surface area contributed by atoms with Crippen molar-refractivity contribution in [3.05, 3.63) is 58.1 Å². The molecule has 0 heterocycles. The topological polar surface area (TPSA) is 50.4 Å². The summed E-state index contributed by atoms with van der Waals surface area (Å²) in [5.74, 6) is 0.471. The first-order valence-electron chi connectivity index (χ1n) is 9.11. The van der Waals surface area contributed by atoms with Gasteiger partial charge >= 0.3 is 0 Å². The van der Waals surface area contributed by atoms with Crippen LogP contribution in [0.4, 0.5) is 5.69 Å². The Bertz CT molecular complexity index is 778. The number of halogens is 1. The highest BCUT2D eigenvalue weighted by Gasteiger charge is 2.11. The van der Waals surface area contributed by atoms with Crippen molar-refractivity contribution < 1.29 is 9.53 Å². The van der Waals surface area contributed by atoms with Crippen LogP contribution in [0.15, 0.2) is 46.9 Å². The van der Waals surface area contributed by atoms with Crippen molar-refractivity contribution in [3.63, 3.8) is 0 Å². The molecule has 1 amide bonds. The minimum Gasteiger partial charge on any atom is -0.492 e. The van der Waals surface area contributed by atoms with Gasteiger partial charge in [0.25, 0.3) is 5.91 Å². The van der Waals surface area contributed by atoms with Gasteiger partial charge < -0.3 is 10.1 Å². The van der Waals surface area contributed by atoms with E-state index in [2.05, 4.69) is 33.5 Å². The Morgan fingerprint density at radius 1 is 1.11 bits per heavy atom. The molecule has 0 aliphatic rings. The number of aryl methyl sites for hydroxylation is 1. The van der Waals surface area contributed by atoms with Crippen LogP contribution in [0.5, 0.6) is 5.75 Å². The summed E-state index contributed by atoms with van der Waals surface area (Å²) in [6.07, 6.45) is 4.62. The first kappa shape index (κ1) is 21.4. The molecule has 0 unspecified atom stereocenters. The summed E-state index contributed by atoms with van der Waals surface area (Å²) in [5.41, 5.74) is 2.50. The number of benzene rings is 2. The van der Waals surface area contributed by atoms with Crippen LogP contribution in [0.1, 0.15) is 48.5 Å². The lowest BCUT2D eigenvalue weighted by Crippen LogP contribution is -2.34. The largest absolute Gasteiger partial charge is 0.492 e. The number of unbranched alkanes of at least 4 members (excludes halogenated alkanes) is 3. The van der Waals surface area contributed by atoms with E-state index in [9.17, 15) is 4.79 Å². The zero-order valence-electron chi connectivity index (χ0n) is 15.7. The Labute approximate surface area is 174 Å². The van der Waals surface area contributed by atoms with Crippen molar-refractivity contribution in [1.82, 2.24) is 5.32 Å². The third-order valence-corrected chi connectivity index (χ3v) is 4.81. The molecule has 0 aliphatic heterocycles. The Kier molecular flexibility index (Phi) is 8.75. The summed E-state index contributed by atoms with van der Waals surface area (Å²) in [7, 11) is 0. The predicted molar refractivity (Wildman–Crippen MR) is 119 cm³/mol. The molecule has 2 N–H and O–H groups in total. The quantitative estimate of drug-likeness (QED) is 0.393. The molecule has 0 bridgehead atoms. The minimum atomic E-state index is -0.269. The molecule has 4 nitrogen and oxygen atoms in total. The number of carbonyl (C=O) groups excluding carboxylic acids is 1. The van der Waals surface area contributed by atoms with E-state index < -0.39 is 0 Å². The van der Waals surface area contributed by atoms with Crippen LogP contribution in [-0.2, 0) is 0 Å². The molecule has 0 radical (unpaired) electrons. The van der Waals surface area contributed by atoms with Crippen LogP contribution >= 0.6 is 28.1 Å². The lowest BCUT2D eigenvalue weighted by molar-refractivity contribution is 0.0977. The second kappa shape index (κ2) is 11.0. The first-order valence-corrected chi connectivity index (χ1v) is 10.3. The summed E-state index contributed by atoms with van der Waals surface area (Å²) >= 11 is 8.69. The van der Waals surface area contributed by atoms with Crippen molar-refractivity contribution in [2.75, 3.05) is 11.9 Å². The second-order valence-electron chi connectivity index (χ2n) is 6.33. The fourth-order valence-corrected chi connectivity index (χ4v) is 3.15. The standard InChI is InChI=1S/C21H25BrN2O2S/c1-3-4-5-6-13-26-19-12-9-16(14-18(19)22)20(25)24-21(27)23-17-10-7-15(2)8-11-17/h7-12,14H,3-6,13H2,1-2H3,(H2,23,24,25,27). The smallest absolute Gasteiger partial charge is 0.257 e. The molecule has 0 atom stereocenters. The maximum atomic E-state index is 12.4. The number of nitrogens with one attached hydrogen (secondary N) is 2. The molecule has 27 heavy (non-hydrogen) atoms. The molecule has 2 aromatic carbocycles. The first-order chi connectivity index (χ1) is 13.0. The van der Waals surface area contributed by atoms with Gasteiger partial charge in [0.1, 0.15) is 5.75 Å². The van der Waals surface area contributed by atoms with Gasteiger partial charge in [-0.3, -0.25) is 10.1 Å². The summed E-state index contributed by atoms with van der Waals surface area (Å²) in [5, 5.41) is 5.96. The van der Waals surface area contributed by atoms with Gasteiger partial charge in [-0.15, -0.1) is 0 Å². The molecule has 2 aromatic rings. The third kappa shape index (κ3) is 7.31. The lowest BCUT2D eigenvalue weighted by atomic mass is 10.2. The van der Waals surface area contributed by atoms with Crippen molar-refractivity contribution in [2.24, 2.45) is 0 Å². The Hall–Kier alpha value is -1.92. The summed E-state index contributed by atoms with van der Waals surface area (Å²) < 4.78 is 6.52. The van der Waals surface area contributed by atoms with Gasteiger partial charge in [0, 0.05) is 11.3 Å². The average Bonchev–Trinajstić information content (AvgIpc) is 2.64. The SMILES string of the molecule is CCCCCCOc1ccc(C(=O)NC(=S)Nc2ccc(C)cc2)cc1Br. The number of ether oxygens (including phenoxy) is 1. The lowest BCUT2D eigenvalue weighted by Gasteiger charge is -2.12. The van der Waals surface area contributed by atoms with Gasteiger partial charge in [0.15, 0.2) is 5.11 Å². The molecule has 0 aromatic heterocycles. The van der Waals surface area contributed by atoms with Crippen LogP contribution in [0.25, 0.3) is 0 Å². The fraction of sp³-hybridized carbons (Fsp3) is 0.333. The van der Waals surface area contributed by atoms with Gasteiger partial charge in [0.2, 0.25) is 0 Å². The van der Waals surface area contributed by atoms with Crippen molar-refractivity contribution in [3.8, 4) is 5.75 Å². The monoisotopic (exact) mass is 448 g/mol. The molecule has 0 spiro atoms. The zero-order chi connectivity index (χ0) is 19.6. The minimum absolute atomic E-state index is 0.260. The molecule has 0 aliphatic carbocycles. The highest BCUT2D eigenvalue weighted by atomic mass is 79.9. The predicted octanol–water partition coefficient (Wildman–Crippen LogP) is 5.84.